The van der Waals surface area contributed by atoms with Crippen molar-refractivity contribution in [2.24, 2.45) is 11.8 Å². The normalized spacial score (nSPS) is 12.5. The smallest absolute Gasteiger partial charge is 0.256 e. The van der Waals surface area contributed by atoms with Crippen LogP contribution < -0.4 is 26.8 Å². The number of pyridine rings is 2. The highest BCUT2D eigenvalue weighted by Crippen LogP contribution is 2.06. The van der Waals surface area contributed by atoms with Gasteiger partial charge < -0.3 is 16.0 Å². The summed E-state index contributed by atoms with van der Waals surface area (Å²) < 4.78 is 0. The van der Waals surface area contributed by atoms with Gasteiger partial charge in [-0.05, 0) is 36.1 Å². The van der Waals surface area contributed by atoms with Crippen LogP contribution in [0.25, 0.3) is 0 Å². The highest BCUT2D eigenvalue weighted by molar-refractivity contribution is 5.98. The molecule has 2 aromatic rings. The molecular formula is C23H31N7O4. The summed E-state index contributed by atoms with van der Waals surface area (Å²) in [6.45, 7) is 7.15. The highest BCUT2D eigenvalue weighted by atomic mass is 16.2. The van der Waals surface area contributed by atoms with Gasteiger partial charge in [-0.25, -0.2) is 5.43 Å². The monoisotopic (exact) mass is 469 g/mol. The van der Waals surface area contributed by atoms with Crippen molar-refractivity contribution in [2.45, 2.75) is 39.8 Å². The molecule has 0 aliphatic heterocycles. The number of hydrazine groups is 1. The molecule has 2 rings (SSSR count). The van der Waals surface area contributed by atoms with Gasteiger partial charge in [-0.3, -0.25) is 34.6 Å². The van der Waals surface area contributed by atoms with E-state index in [1.54, 1.807) is 38.1 Å². The number of carbonyl (C=O) groups excluding carboxylic acids is 4. The number of nitrogens with one attached hydrogen (secondary N) is 5. The second kappa shape index (κ2) is 13.0. The molecular weight excluding hydrogens is 438 g/mol. The van der Waals surface area contributed by atoms with E-state index in [0.717, 1.165) is 0 Å². The molecule has 2 atom stereocenters. The van der Waals surface area contributed by atoms with Gasteiger partial charge in [0.1, 0.15) is 12.1 Å². The quantitative estimate of drug-likeness (QED) is 0.181. The molecule has 5 N–H and O–H groups in total. The Morgan fingerprint density at radius 3 is 1.53 bits per heavy atom. The molecule has 4 amide bonds. The topological polar surface area (TPSA) is 154 Å². The Labute approximate surface area is 198 Å². The lowest BCUT2D eigenvalue weighted by molar-refractivity contribution is -0.126. The van der Waals surface area contributed by atoms with Crippen molar-refractivity contribution in [3.8, 4) is 0 Å². The van der Waals surface area contributed by atoms with E-state index in [1.807, 2.05) is 13.8 Å². The Kier molecular flexibility index (Phi) is 10.1. The molecule has 11 nitrogen and oxygen atoms in total. The minimum absolute atomic E-state index is 0.0813. The van der Waals surface area contributed by atoms with Gasteiger partial charge in [0.2, 0.25) is 5.91 Å². The third-order valence-corrected chi connectivity index (χ3v) is 4.92. The van der Waals surface area contributed by atoms with Gasteiger partial charge in [0.15, 0.2) is 0 Å². The van der Waals surface area contributed by atoms with Crippen molar-refractivity contribution in [3.05, 3.63) is 60.2 Å². The fourth-order valence-corrected chi connectivity index (χ4v) is 2.98. The molecule has 0 bridgehead atoms. The van der Waals surface area contributed by atoms with E-state index in [0.29, 0.717) is 11.1 Å². The Hall–Kier alpha value is -3.86. The average Bonchev–Trinajstić information content (AvgIpc) is 2.83. The van der Waals surface area contributed by atoms with Crippen molar-refractivity contribution in [3.63, 3.8) is 0 Å². The predicted molar refractivity (Wildman–Crippen MR) is 125 cm³/mol. The summed E-state index contributed by atoms with van der Waals surface area (Å²) >= 11 is 0. The maximum atomic E-state index is 12.6. The van der Waals surface area contributed by atoms with Crippen LogP contribution in [0.3, 0.4) is 0 Å². The molecule has 0 radical (unpaired) electrons. The zero-order chi connectivity index (χ0) is 25.1. The van der Waals surface area contributed by atoms with Crippen LogP contribution in [0.2, 0.25) is 0 Å². The SMILES string of the molecule is CC(C)C(NC(=O)c1ccncc1)C(=O)NCNNC(=O)C(NC(=O)c1ccncc1)C(C)C. The maximum absolute atomic E-state index is 12.6. The van der Waals surface area contributed by atoms with Crippen LogP contribution in [-0.2, 0) is 9.59 Å². The lowest BCUT2D eigenvalue weighted by Crippen LogP contribution is -2.56. The van der Waals surface area contributed by atoms with Crippen LogP contribution in [0.5, 0.6) is 0 Å². The van der Waals surface area contributed by atoms with Gasteiger partial charge in [-0.15, -0.1) is 0 Å². The first-order valence-electron chi connectivity index (χ1n) is 10.9. The molecule has 0 spiro atoms. The lowest BCUT2D eigenvalue weighted by atomic mass is 10.0. The van der Waals surface area contributed by atoms with Gasteiger partial charge in [-0.1, -0.05) is 27.7 Å². The first-order valence-corrected chi connectivity index (χ1v) is 10.9. The van der Waals surface area contributed by atoms with Crippen LogP contribution in [-0.4, -0.2) is 52.3 Å². The Balaban J connectivity index is 1.84. The Morgan fingerprint density at radius 1 is 0.706 bits per heavy atom. The minimum Gasteiger partial charge on any atom is -0.340 e. The summed E-state index contributed by atoms with van der Waals surface area (Å²) in [7, 11) is 0. The van der Waals surface area contributed by atoms with Crippen LogP contribution in [0.4, 0.5) is 0 Å². The van der Waals surface area contributed by atoms with Gasteiger partial charge in [-0.2, -0.15) is 0 Å². The first kappa shape index (κ1) is 26.4. The standard InChI is InChI=1S/C23H31N7O4/c1-14(2)18(28-20(31)16-5-9-24-10-6-16)22(33)26-13-27-30-23(34)19(15(3)4)29-21(32)17-7-11-25-12-8-17/h5-12,14-15,18-19,27H,13H2,1-4H3,(H,26,33)(H,28,31)(H,29,32)(H,30,34). The van der Waals surface area contributed by atoms with Crippen molar-refractivity contribution in [2.75, 3.05) is 6.67 Å². The van der Waals surface area contributed by atoms with Crippen LogP contribution in [0.15, 0.2) is 49.1 Å². The zero-order valence-electron chi connectivity index (χ0n) is 19.7. The number of hydrogen-bond acceptors (Lipinski definition) is 7. The third-order valence-electron chi connectivity index (χ3n) is 4.92. The Bertz CT molecular complexity index is 888. The molecule has 0 aliphatic carbocycles. The Morgan fingerprint density at radius 2 is 1.12 bits per heavy atom. The molecule has 11 heteroatoms. The number of hydrogen-bond donors (Lipinski definition) is 5. The maximum Gasteiger partial charge on any atom is 0.256 e. The number of nitrogens with zero attached hydrogens (tertiary/aromatic N) is 2. The van der Waals surface area contributed by atoms with Crippen molar-refractivity contribution in [1.82, 2.24) is 36.8 Å². The van der Waals surface area contributed by atoms with Gasteiger partial charge >= 0.3 is 0 Å². The predicted octanol–water partition coefficient (Wildman–Crippen LogP) is 0.380. The highest BCUT2D eigenvalue weighted by Gasteiger charge is 2.26. The van der Waals surface area contributed by atoms with Crippen molar-refractivity contribution < 1.29 is 19.2 Å². The fraction of sp³-hybridized carbons (Fsp3) is 0.391. The summed E-state index contributed by atoms with van der Waals surface area (Å²) in [6, 6.07) is 4.64. The number of amides is 4. The summed E-state index contributed by atoms with van der Waals surface area (Å²) in [4.78, 5) is 57.6. The summed E-state index contributed by atoms with van der Waals surface area (Å²) in [5.41, 5.74) is 5.90. The molecule has 2 heterocycles. The van der Waals surface area contributed by atoms with E-state index in [4.69, 9.17) is 0 Å². The average molecular weight is 470 g/mol. The van der Waals surface area contributed by atoms with E-state index >= 15 is 0 Å². The van der Waals surface area contributed by atoms with Gasteiger partial charge in [0.05, 0.1) is 6.67 Å². The van der Waals surface area contributed by atoms with Gasteiger partial charge in [0.25, 0.3) is 17.7 Å². The number of carbonyl (C=O) groups is 4. The fourth-order valence-electron chi connectivity index (χ4n) is 2.98. The van der Waals surface area contributed by atoms with Crippen LogP contribution in [0, 0.1) is 11.8 Å². The van der Waals surface area contributed by atoms with E-state index in [9.17, 15) is 19.2 Å². The largest absolute Gasteiger partial charge is 0.340 e. The first-order chi connectivity index (χ1) is 16.2. The molecule has 0 saturated heterocycles. The summed E-state index contributed by atoms with van der Waals surface area (Å²) in [5, 5.41) is 8.03. The minimum atomic E-state index is -0.799. The van der Waals surface area contributed by atoms with Crippen molar-refractivity contribution >= 4 is 23.6 Å². The summed E-state index contributed by atoms with van der Waals surface area (Å²) in [5.74, 6) is -2.01. The molecule has 0 fully saturated rings. The zero-order valence-corrected chi connectivity index (χ0v) is 19.7. The van der Waals surface area contributed by atoms with Gasteiger partial charge in [0, 0.05) is 35.9 Å². The molecule has 34 heavy (non-hydrogen) atoms. The van der Waals surface area contributed by atoms with E-state index in [1.165, 1.54) is 24.8 Å². The second-order valence-corrected chi connectivity index (χ2v) is 8.25. The molecule has 0 aromatic carbocycles. The van der Waals surface area contributed by atoms with Crippen molar-refractivity contribution in [1.29, 1.82) is 0 Å². The molecule has 2 aromatic heterocycles. The van der Waals surface area contributed by atoms with Crippen LogP contribution >= 0.6 is 0 Å². The molecule has 0 saturated carbocycles. The summed E-state index contributed by atoms with van der Waals surface area (Å²) in [6.07, 6.45) is 5.98. The van der Waals surface area contributed by atoms with E-state index < -0.39 is 29.8 Å². The second-order valence-electron chi connectivity index (χ2n) is 8.25. The van der Waals surface area contributed by atoms with Crippen LogP contribution in [0.1, 0.15) is 48.4 Å². The molecule has 2 unspecified atom stereocenters. The lowest BCUT2D eigenvalue weighted by Gasteiger charge is -2.23. The molecule has 0 aliphatic rings. The van der Waals surface area contributed by atoms with E-state index in [-0.39, 0.29) is 24.4 Å². The number of aromatic nitrogens is 2. The molecule has 182 valence electrons. The number of rotatable bonds is 11. The third kappa shape index (κ3) is 7.93. The van der Waals surface area contributed by atoms with E-state index in [2.05, 4.69) is 36.8 Å².